The third-order valence-electron chi connectivity index (χ3n) is 14.8. The van der Waals surface area contributed by atoms with E-state index in [2.05, 4.69) is 39.6 Å². The average molecular weight is 565 g/mol. The lowest BCUT2D eigenvalue weighted by Gasteiger charge is -2.63. The maximum absolute atomic E-state index is 12.7. The zero-order valence-electron chi connectivity index (χ0n) is 26.1. The highest BCUT2D eigenvalue weighted by Gasteiger charge is 2.84. The Morgan fingerprint density at radius 1 is 1.05 bits per heavy atom. The number of aromatic nitrogens is 1. The van der Waals surface area contributed by atoms with E-state index in [1.807, 2.05) is 23.1 Å². The number of ether oxygens (including phenoxy) is 1. The third-order valence-corrected chi connectivity index (χ3v) is 14.8. The summed E-state index contributed by atoms with van der Waals surface area (Å²) < 4.78 is 6.91. The van der Waals surface area contributed by atoms with Gasteiger partial charge in [0.15, 0.2) is 0 Å². The molecule has 6 fully saturated rings. The summed E-state index contributed by atoms with van der Waals surface area (Å²) in [7, 11) is 0. The van der Waals surface area contributed by atoms with E-state index in [-0.39, 0.29) is 40.5 Å². The summed E-state index contributed by atoms with van der Waals surface area (Å²) in [4.78, 5) is 19.0. The average Bonchev–Trinajstić information content (AvgIpc) is 3.56. The van der Waals surface area contributed by atoms with Crippen LogP contribution in [0.2, 0.25) is 0 Å². The van der Waals surface area contributed by atoms with Crippen molar-refractivity contribution in [2.75, 3.05) is 6.54 Å². The zero-order chi connectivity index (χ0) is 29.2. The second-order valence-corrected chi connectivity index (χ2v) is 16.4. The molecule has 2 spiro atoms. The zero-order valence-corrected chi connectivity index (χ0v) is 26.1. The molecule has 6 heteroatoms. The molecule has 7 rings (SSSR count). The quantitative estimate of drug-likeness (QED) is 0.497. The largest absolute Gasteiger partial charge is 0.393 e. The Bertz CT molecular complexity index is 1210. The Kier molecular flexibility index (Phi) is 6.22. The number of carbonyl (C=O) groups is 1. The Morgan fingerprint density at radius 2 is 1.78 bits per heavy atom. The molecule has 1 aliphatic heterocycles. The van der Waals surface area contributed by atoms with Crippen LogP contribution >= 0.6 is 0 Å². The Labute approximate surface area is 246 Å². The van der Waals surface area contributed by atoms with Crippen molar-refractivity contribution in [1.29, 1.82) is 0 Å². The second-order valence-electron chi connectivity index (χ2n) is 16.4. The second kappa shape index (κ2) is 9.01. The predicted molar refractivity (Wildman–Crippen MR) is 157 cm³/mol. The number of nitrogens with zero attached hydrogens (tertiary/aromatic N) is 2. The molecule has 1 aromatic rings. The van der Waals surface area contributed by atoms with Gasteiger partial charge in [0, 0.05) is 25.1 Å². The Morgan fingerprint density at radius 3 is 2.49 bits per heavy atom. The van der Waals surface area contributed by atoms with Crippen LogP contribution in [-0.2, 0) is 16.1 Å². The fraction of sp³-hybridized carbons (Fsp3) is 0.829. The van der Waals surface area contributed by atoms with E-state index in [1.54, 1.807) is 13.1 Å². The number of hydrogen-bond donors (Lipinski definition) is 2. The van der Waals surface area contributed by atoms with Gasteiger partial charge in [-0.05, 0) is 109 Å². The molecular formula is C35H52N2O4. The van der Waals surface area contributed by atoms with E-state index in [9.17, 15) is 15.0 Å². The molecule has 2 heterocycles. The number of fused-ring (bicyclic) bond motifs is 4. The first kappa shape index (κ1) is 28.3. The molecule has 0 aromatic carbocycles. The first-order valence-corrected chi connectivity index (χ1v) is 16.5. The van der Waals surface area contributed by atoms with Crippen molar-refractivity contribution in [2.45, 2.75) is 124 Å². The standard InChI is InChI=1S/C35H52N2O4/c1-21-17-24(19-37(22(2)38)18-23-9-7-8-16-36-23)41-29-28(21)32(5)14-15-35-20-34(35)13-12-27(39)31(3,4)25(34)10-11-26(35)33(32,6)30(29)40/h7-9,16,21,24-30,39-40H,10-15,17-20H2,1-6H3/t21-,24?,25+,26?,27?,28+,29?,30+,32?,33-,34?,35?/m1/s1. The molecule has 5 saturated carbocycles. The van der Waals surface area contributed by atoms with E-state index < -0.39 is 6.10 Å². The van der Waals surface area contributed by atoms with Gasteiger partial charge in [-0.1, -0.05) is 40.7 Å². The lowest BCUT2D eigenvalue weighted by molar-refractivity contribution is -0.182. The number of aliphatic hydroxyl groups is 2. The maximum atomic E-state index is 12.7. The van der Waals surface area contributed by atoms with Gasteiger partial charge in [0.1, 0.15) is 0 Å². The summed E-state index contributed by atoms with van der Waals surface area (Å²) in [6, 6.07) is 5.82. The molecule has 12 atom stereocenters. The Hall–Kier alpha value is -1.50. The Balaban J connectivity index is 1.16. The molecule has 5 aliphatic carbocycles. The smallest absolute Gasteiger partial charge is 0.219 e. The van der Waals surface area contributed by atoms with Crippen LogP contribution < -0.4 is 0 Å². The molecule has 0 radical (unpaired) electrons. The van der Waals surface area contributed by atoms with Gasteiger partial charge in [-0.3, -0.25) is 9.78 Å². The van der Waals surface area contributed by atoms with Gasteiger partial charge < -0.3 is 19.8 Å². The summed E-state index contributed by atoms with van der Waals surface area (Å²) in [6.07, 6.45) is 9.84. The van der Waals surface area contributed by atoms with Crippen molar-refractivity contribution in [1.82, 2.24) is 9.88 Å². The number of amides is 1. The van der Waals surface area contributed by atoms with Gasteiger partial charge in [0.05, 0.1) is 36.7 Å². The fourth-order valence-electron chi connectivity index (χ4n) is 12.7. The van der Waals surface area contributed by atoms with Gasteiger partial charge in [0.25, 0.3) is 0 Å². The van der Waals surface area contributed by atoms with Crippen molar-refractivity contribution in [3.63, 3.8) is 0 Å². The highest BCUT2D eigenvalue weighted by Crippen LogP contribution is 2.89. The van der Waals surface area contributed by atoms with Gasteiger partial charge >= 0.3 is 0 Å². The first-order chi connectivity index (χ1) is 19.3. The van der Waals surface area contributed by atoms with Crippen LogP contribution in [0.4, 0.5) is 0 Å². The topological polar surface area (TPSA) is 82.9 Å². The van der Waals surface area contributed by atoms with Crippen LogP contribution in [-0.4, -0.2) is 57.0 Å². The summed E-state index contributed by atoms with van der Waals surface area (Å²) in [5.74, 6) is 1.87. The van der Waals surface area contributed by atoms with Crippen LogP contribution in [0.3, 0.4) is 0 Å². The maximum Gasteiger partial charge on any atom is 0.219 e. The van der Waals surface area contributed by atoms with Crippen LogP contribution in [0.25, 0.3) is 0 Å². The van der Waals surface area contributed by atoms with Crippen LogP contribution in [0.15, 0.2) is 24.4 Å². The monoisotopic (exact) mass is 564 g/mol. The normalized spacial score (nSPS) is 50.9. The summed E-state index contributed by atoms with van der Waals surface area (Å²) in [5, 5.41) is 23.4. The van der Waals surface area contributed by atoms with Crippen LogP contribution in [0.1, 0.15) is 98.6 Å². The highest BCUT2D eigenvalue weighted by atomic mass is 16.5. The molecule has 1 amide bonds. The van der Waals surface area contributed by atoms with Gasteiger partial charge in [-0.25, -0.2) is 0 Å². The molecule has 6 aliphatic rings. The lowest BCUT2D eigenvalue weighted by Crippen LogP contribution is -2.59. The molecule has 226 valence electrons. The molecule has 41 heavy (non-hydrogen) atoms. The SMILES string of the molecule is CC(=O)N(Cc1ccccn1)CC1C[C@@H](C)[C@H]2C(O1)[C@H](O)[C@@]1(C)C3CC[C@H]4C(C)(C)C(O)CCC45CC35CCC21C. The van der Waals surface area contributed by atoms with E-state index in [1.165, 1.54) is 19.3 Å². The summed E-state index contributed by atoms with van der Waals surface area (Å²) >= 11 is 0. The molecule has 7 unspecified atom stereocenters. The van der Waals surface area contributed by atoms with E-state index in [0.717, 1.165) is 37.8 Å². The molecule has 1 aromatic heterocycles. The minimum Gasteiger partial charge on any atom is -0.393 e. The summed E-state index contributed by atoms with van der Waals surface area (Å²) in [6.45, 7) is 14.6. The van der Waals surface area contributed by atoms with Crippen molar-refractivity contribution >= 4 is 5.91 Å². The highest BCUT2D eigenvalue weighted by molar-refractivity contribution is 5.73. The van der Waals surface area contributed by atoms with Crippen molar-refractivity contribution in [3.8, 4) is 0 Å². The third kappa shape index (κ3) is 3.53. The molecule has 2 N–H and O–H groups in total. The number of rotatable bonds is 4. The molecule has 6 nitrogen and oxygen atoms in total. The molecule has 1 saturated heterocycles. The number of carbonyl (C=O) groups excluding carboxylic acids is 1. The first-order valence-electron chi connectivity index (χ1n) is 16.5. The number of hydrogen-bond acceptors (Lipinski definition) is 5. The lowest BCUT2D eigenvalue weighted by atomic mass is 9.41. The van der Waals surface area contributed by atoms with E-state index in [4.69, 9.17) is 4.74 Å². The molecular weight excluding hydrogens is 512 g/mol. The van der Waals surface area contributed by atoms with Gasteiger partial charge in [0.2, 0.25) is 5.91 Å². The minimum absolute atomic E-state index is 0.0284. The number of aliphatic hydroxyl groups excluding tert-OH is 2. The number of pyridine rings is 1. The van der Waals surface area contributed by atoms with E-state index >= 15 is 0 Å². The van der Waals surface area contributed by atoms with E-state index in [0.29, 0.717) is 47.6 Å². The van der Waals surface area contributed by atoms with Crippen LogP contribution in [0.5, 0.6) is 0 Å². The van der Waals surface area contributed by atoms with Gasteiger partial charge in [-0.15, -0.1) is 0 Å². The van der Waals surface area contributed by atoms with Crippen molar-refractivity contribution < 1.29 is 19.7 Å². The fourth-order valence-corrected chi connectivity index (χ4v) is 12.7. The van der Waals surface area contributed by atoms with Crippen LogP contribution in [0, 0.1) is 50.7 Å². The van der Waals surface area contributed by atoms with Gasteiger partial charge in [-0.2, -0.15) is 0 Å². The van der Waals surface area contributed by atoms with Crippen molar-refractivity contribution in [2.24, 2.45) is 50.7 Å². The molecule has 0 bridgehead atoms. The summed E-state index contributed by atoms with van der Waals surface area (Å²) in [5.41, 5.74) is 1.36. The minimum atomic E-state index is -0.497. The predicted octanol–water partition coefficient (Wildman–Crippen LogP) is 5.60. The van der Waals surface area contributed by atoms with Crippen molar-refractivity contribution in [3.05, 3.63) is 30.1 Å².